The van der Waals surface area contributed by atoms with Gasteiger partial charge in [-0.25, -0.2) is 14.6 Å². The van der Waals surface area contributed by atoms with Gasteiger partial charge in [0.25, 0.3) is 0 Å². The predicted octanol–water partition coefficient (Wildman–Crippen LogP) is 3.17. The highest BCUT2D eigenvalue weighted by molar-refractivity contribution is 9.10. The molecule has 1 aromatic rings. The van der Waals surface area contributed by atoms with Crippen LogP contribution in [0.4, 0.5) is 4.79 Å². The van der Waals surface area contributed by atoms with Gasteiger partial charge in [0.1, 0.15) is 16.8 Å². The number of halogens is 1. The maximum absolute atomic E-state index is 12.2. The molecule has 7 nitrogen and oxygen atoms in total. The molecule has 8 heteroatoms. The van der Waals surface area contributed by atoms with Crippen LogP contribution in [0.25, 0.3) is 0 Å². The fourth-order valence-electron chi connectivity index (χ4n) is 2.79. The molecule has 25 heavy (non-hydrogen) atoms. The van der Waals surface area contributed by atoms with Crippen LogP contribution in [0.5, 0.6) is 0 Å². The molecule has 0 spiro atoms. The number of aliphatic carboxylic acids is 1. The molecule has 1 saturated heterocycles. The number of carboxylic acids is 1. The minimum Gasteiger partial charge on any atom is -0.480 e. The minimum atomic E-state index is -1.03. The number of piperidine rings is 1. The van der Waals surface area contributed by atoms with E-state index in [9.17, 15) is 9.59 Å². The van der Waals surface area contributed by atoms with Crippen LogP contribution in [0, 0.1) is 0 Å². The number of aromatic nitrogens is 1. The fourth-order valence-corrected chi connectivity index (χ4v) is 3.41. The summed E-state index contributed by atoms with van der Waals surface area (Å²) in [4.78, 5) is 29.1. The first kappa shape index (κ1) is 19.7. The Morgan fingerprint density at radius 2 is 2.00 bits per heavy atom. The van der Waals surface area contributed by atoms with Crippen LogP contribution in [0.2, 0.25) is 0 Å². The van der Waals surface area contributed by atoms with Gasteiger partial charge in [0.15, 0.2) is 0 Å². The van der Waals surface area contributed by atoms with Gasteiger partial charge in [-0.15, -0.1) is 0 Å². The number of carboxylic acid groups (broad SMARTS) is 1. The minimum absolute atomic E-state index is 0.371. The average molecular weight is 415 g/mol. The smallest absolute Gasteiger partial charge is 0.410 e. The zero-order valence-corrected chi connectivity index (χ0v) is 16.2. The molecular formula is C17H23BrN2O5. The van der Waals surface area contributed by atoms with Crippen molar-refractivity contribution in [2.24, 2.45) is 0 Å². The Morgan fingerprint density at radius 3 is 2.52 bits per heavy atom. The van der Waals surface area contributed by atoms with Gasteiger partial charge in [-0.05, 0) is 55.6 Å². The third-order valence-corrected chi connectivity index (χ3v) is 4.58. The molecule has 1 N–H and O–H groups in total. The number of ether oxygens (including phenoxy) is 2. The molecule has 0 bridgehead atoms. The van der Waals surface area contributed by atoms with E-state index in [0.717, 1.165) is 5.56 Å². The van der Waals surface area contributed by atoms with E-state index in [1.807, 2.05) is 26.8 Å². The Kier molecular flexibility index (Phi) is 6.05. The molecule has 2 heterocycles. The first-order valence-corrected chi connectivity index (χ1v) is 8.87. The van der Waals surface area contributed by atoms with E-state index in [2.05, 4.69) is 20.9 Å². The van der Waals surface area contributed by atoms with Crippen molar-refractivity contribution in [1.29, 1.82) is 0 Å². The number of hydrogen-bond acceptors (Lipinski definition) is 5. The molecular weight excluding hydrogens is 392 g/mol. The summed E-state index contributed by atoms with van der Waals surface area (Å²) in [5.74, 6) is -1.03. The highest BCUT2D eigenvalue weighted by Crippen LogP contribution is 2.39. The van der Waals surface area contributed by atoms with Crippen molar-refractivity contribution >= 4 is 28.0 Å². The Balaban J connectivity index is 2.17. The molecule has 1 aliphatic rings. The van der Waals surface area contributed by atoms with Gasteiger partial charge >= 0.3 is 12.1 Å². The first-order valence-electron chi connectivity index (χ1n) is 8.08. The van der Waals surface area contributed by atoms with Gasteiger partial charge in [-0.1, -0.05) is 6.07 Å². The molecule has 0 aromatic carbocycles. The lowest BCUT2D eigenvalue weighted by Gasteiger charge is -2.42. The van der Waals surface area contributed by atoms with E-state index in [0.29, 0.717) is 30.5 Å². The maximum Gasteiger partial charge on any atom is 0.410 e. The van der Waals surface area contributed by atoms with Crippen LogP contribution in [-0.2, 0) is 19.9 Å². The second-order valence-corrected chi connectivity index (χ2v) is 7.74. The zero-order chi connectivity index (χ0) is 18.7. The molecule has 0 radical (unpaired) electrons. The summed E-state index contributed by atoms with van der Waals surface area (Å²) in [7, 11) is 0. The summed E-state index contributed by atoms with van der Waals surface area (Å²) >= 11 is 3.41. The van der Waals surface area contributed by atoms with E-state index >= 15 is 0 Å². The quantitative estimate of drug-likeness (QED) is 0.760. The molecule has 1 fully saturated rings. The van der Waals surface area contributed by atoms with E-state index in [1.165, 1.54) is 0 Å². The van der Waals surface area contributed by atoms with Crippen LogP contribution in [0.1, 0.15) is 39.2 Å². The summed E-state index contributed by atoms with van der Waals surface area (Å²) in [6.07, 6.45) is 2.20. The number of likely N-dealkylation sites (tertiary alicyclic amines) is 1. The molecule has 138 valence electrons. The second-order valence-electron chi connectivity index (χ2n) is 6.99. The summed E-state index contributed by atoms with van der Waals surface area (Å²) in [6, 6.07) is 3.65. The van der Waals surface area contributed by atoms with Crippen LogP contribution in [0.15, 0.2) is 22.9 Å². The molecule has 2 rings (SSSR count). The number of pyridine rings is 1. The van der Waals surface area contributed by atoms with Crippen LogP contribution < -0.4 is 0 Å². The summed E-state index contributed by atoms with van der Waals surface area (Å²) < 4.78 is 11.8. The summed E-state index contributed by atoms with van der Waals surface area (Å²) in [5.41, 5.74) is -0.568. The zero-order valence-electron chi connectivity index (χ0n) is 14.6. The molecule has 1 amide bonds. The van der Waals surface area contributed by atoms with Crippen LogP contribution in [-0.4, -0.2) is 52.4 Å². The van der Waals surface area contributed by atoms with Gasteiger partial charge in [0.2, 0.25) is 0 Å². The first-order chi connectivity index (χ1) is 11.6. The summed E-state index contributed by atoms with van der Waals surface area (Å²) in [6.45, 7) is 5.88. The topological polar surface area (TPSA) is 89.0 Å². The Bertz CT molecular complexity index is 636. The molecule has 0 unspecified atom stereocenters. The molecule has 0 saturated carbocycles. The van der Waals surface area contributed by atoms with E-state index in [4.69, 9.17) is 14.6 Å². The number of nitrogens with zero attached hydrogens (tertiary/aromatic N) is 2. The average Bonchev–Trinajstić information content (AvgIpc) is 2.52. The standard InChI is InChI=1S/C17H23BrN2O5/c1-16(2,3)25-15(23)20-9-6-17(7-10-20,24-11-13(21)22)12-5-4-8-19-14(12)18/h4-5,8H,6-7,9-11H2,1-3H3,(H,21,22). The number of hydrogen-bond donors (Lipinski definition) is 1. The third-order valence-electron chi connectivity index (χ3n) is 3.94. The van der Waals surface area contributed by atoms with Gasteiger partial charge in [0.05, 0.1) is 5.60 Å². The van der Waals surface area contributed by atoms with Crippen molar-refractivity contribution in [2.75, 3.05) is 19.7 Å². The van der Waals surface area contributed by atoms with E-state index < -0.39 is 23.8 Å². The largest absolute Gasteiger partial charge is 0.480 e. The number of carbonyl (C=O) groups excluding carboxylic acids is 1. The van der Waals surface area contributed by atoms with Crippen molar-refractivity contribution < 1.29 is 24.2 Å². The number of rotatable bonds is 4. The molecule has 0 aliphatic carbocycles. The van der Waals surface area contributed by atoms with Crippen molar-refractivity contribution in [3.05, 3.63) is 28.5 Å². The monoisotopic (exact) mass is 414 g/mol. The molecule has 1 aliphatic heterocycles. The van der Waals surface area contributed by atoms with E-state index in [1.54, 1.807) is 17.2 Å². The van der Waals surface area contributed by atoms with Crippen LogP contribution in [0.3, 0.4) is 0 Å². The number of carbonyl (C=O) groups is 2. The van der Waals surface area contributed by atoms with Crippen molar-refractivity contribution in [2.45, 2.75) is 44.8 Å². The lowest BCUT2D eigenvalue weighted by molar-refractivity contribution is -0.155. The van der Waals surface area contributed by atoms with Crippen LogP contribution >= 0.6 is 15.9 Å². The summed E-state index contributed by atoms with van der Waals surface area (Å²) in [5, 5.41) is 9.01. The normalized spacial score (nSPS) is 17.2. The van der Waals surface area contributed by atoms with Gasteiger partial charge in [-0.3, -0.25) is 0 Å². The molecule has 1 aromatic heterocycles. The highest BCUT2D eigenvalue weighted by atomic mass is 79.9. The van der Waals surface area contributed by atoms with Gasteiger partial charge < -0.3 is 19.5 Å². The molecule has 0 atom stereocenters. The van der Waals surface area contributed by atoms with E-state index in [-0.39, 0.29) is 6.09 Å². The fraction of sp³-hybridized carbons (Fsp3) is 0.588. The predicted molar refractivity (Wildman–Crippen MR) is 94.2 cm³/mol. The number of amides is 1. The Morgan fingerprint density at radius 1 is 1.36 bits per heavy atom. The SMILES string of the molecule is CC(C)(C)OC(=O)N1CCC(OCC(=O)O)(c2cccnc2Br)CC1. The lowest BCUT2D eigenvalue weighted by Crippen LogP contribution is -2.48. The third kappa shape index (κ3) is 5.15. The van der Waals surface area contributed by atoms with Crippen molar-refractivity contribution in [3.8, 4) is 0 Å². The van der Waals surface area contributed by atoms with Crippen molar-refractivity contribution in [3.63, 3.8) is 0 Å². The maximum atomic E-state index is 12.2. The lowest BCUT2D eigenvalue weighted by atomic mass is 9.85. The second kappa shape index (κ2) is 7.70. The van der Waals surface area contributed by atoms with Gasteiger partial charge in [0, 0.05) is 24.8 Å². The highest BCUT2D eigenvalue weighted by Gasteiger charge is 2.41. The van der Waals surface area contributed by atoms with Crippen molar-refractivity contribution in [1.82, 2.24) is 9.88 Å². The Hall–Kier alpha value is -1.67. The Labute approximate surface area is 155 Å². The van der Waals surface area contributed by atoms with Gasteiger partial charge in [-0.2, -0.15) is 0 Å².